The second kappa shape index (κ2) is 18.6. The van der Waals surface area contributed by atoms with Crippen molar-refractivity contribution in [2.45, 2.75) is 110 Å². The van der Waals surface area contributed by atoms with Crippen LogP contribution in [0.2, 0.25) is 0 Å². The van der Waals surface area contributed by atoms with Crippen molar-refractivity contribution in [2.24, 2.45) is 23.2 Å². The van der Waals surface area contributed by atoms with Crippen LogP contribution >= 0.6 is 11.3 Å². The topological polar surface area (TPSA) is 154 Å². The number of benzene rings is 1. The normalized spacial score (nSPS) is 25.5. The van der Waals surface area contributed by atoms with E-state index in [4.69, 9.17) is 19.4 Å². The van der Waals surface area contributed by atoms with Gasteiger partial charge in [0.2, 0.25) is 5.91 Å². The van der Waals surface area contributed by atoms with Crippen molar-refractivity contribution in [3.63, 3.8) is 0 Å². The first-order valence-corrected chi connectivity index (χ1v) is 24.2. The first-order valence-electron chi connectivity index (χ1n) is 23.3. The number of cyclic esters (lactones) is 1. The predicted octanol–water partition coefficient (Wildman–Crippen LogP) is 5.95. The zero-order valence-corrected chi connectivity index (χ0v) is 40.0. The van der Waals surface area contributed by atoms with Gasteiger partial charge in [0, 0.05) is 103 Å². The lowest BCUT2D eigenvalue weighted by atomic mass is 9.82. The Hall–Kier alpha value is -4.25. The van der Waals surface area contributed by atoms with E-state index >= 15 is 0 Å². The number of thiazole rings is 1. The van der Waals surface area contributed by atoms with Crippen LogP contribution in [0.5, 0.6) is 0 Å². The molecule has 0 spiro atoms. The van der Waals surface area contributed by atoms with Crippen molar-refractivity contribution in [1.82, 2.24) is 40.1 Å². The fourth-order valence-corrected chi connectivity index (χ4v) is 10.9. The molecular formula is C49H68N8O6S. The number of piperidine rings is 1. The van der Waals surface area contributed by atoms with Crippen LogP contribution in [0, 0.1) is 23.2 Å². The van der Waals surface area contributed by atoms with Crippen molar-refractivity contribution in [2.75, 3.05) is 60.5 Å². The van der Waals surface area contributed by atoms with Gasteiger partial charge >= 0.3 is 5.97 Å². The van der Waals surface area contributed by atoms with Gasteiger partial charge in [0.1, 0.15) is 12.1 Å². The molecular weight excluding hydrogens is 829 g/mol. The van der Waals surface area contributed by atoms with E-state index in [1.165, 1.54) is 16.3 Å². The number of nitrogens with one attached hydrogen (secondary N) is 2. The Labute approximate surface area is 382 Å². The highest BCUT2D eigenvalue weighted by molar-refractivity contribution is 7.10. The quantitative estimate of drug-likeness (QED) is 0.162. The Balaban J connectivity index is 1.23. The molecule has 15 heteroatoms. The van der Waals surface area contributed by atoms with E-state index in [9.17, 15) is 19.5 Å². The summed E-state index contributed by atoms with van der Waals surface area (Å²) >= 11 is 1.48. The summed E-state index contributed by atoms with van der Waals surface area (Å²) in [5, 5.41) is 20.7. The molecule has 346 valence electrons. The SMILES string of the molecule is CCn1c(-c2cc(C3(O)CCN(CCN(C)C)CC3)cnc2[C@H](C)OC)c2c3cc(ccc31)-c1csc(n1)C[C@H](NC(=O)C1[C@@H](C)[C@H]1C)C(=O)N1CCC[C@H](N1)C(=O)OCC(C)(C)C2. The molecule has 3 N–H and O–H groups in total. The van der Waals surface area contributed by atoms with Crippen LogP contribution in [0.25, 0.3) is 33.4 Å². The van der Waals surface area contributed by atoms with Gasteiger partial charge in [-0.15, -0.1) is 11.3 Å². The van der Waals surface area contributed by atoms with Crippen molar-refractivity contribution in [3.05, 3.63) is 57.7 Å². The molecule has 4 aromatic rings. The standard InChI is InChI=1S/C49H68N8O6S/c1-10-56-40-14-13-32-22-34(40)36(44(56)35-23-33(26-50-43(35)31(4)62-9)49(61)15-18-55(19-16-49)21-20-54(7)8)25-48(5,6)28-63-47(60)37-12-11-17-57(53-37)46(59)38(24-41-51-39(32)27-64-41)52-45(58)42-29(2)30(42)3/h13-14,22-23,26-27,29-31,37-38,42,53,61H,10-12,15-21,24-25,28H2,1-9H3,(H,52,58)/t29-,30+,31-,37-,38-,42?/m0/s1. The number of hydrazine groups is 1. The minimum Gasteiger partial charge on any atom is -0.464 e. The first kappa shape index (κ1) is 46.3. The molecule has 64 heavy (non-hydrogen) atoms. The average molecular weight is 897 g/mol. The van der Waals surface area contributed by atoms with Crippen LogP contribution in [-0.2, 0) is 48.8 Å². The van der Waals surface area contributed by atoms with E-state index in [1.807, 2.05) is 18.5 Å². The summed E-state index contributed by atoms with van der Waals surface area (Å²) in [6, 6.07) is 7.05. The number of aryl methyl sites for hydroxylation is 1. The summed E-state index contributed by atoms with van der Waals surface area (Å²) in [5.74, 6) is -0.456. The summed E-state index contributed by atoms with van der Waals surface area (Å²) in [7, 11) is 5.87. The molecule has 2 amide bonds. The molecule has 3 fully saturated rings. The number of rotatable bonds is 10. The Kier molecular flexibility index (Phi) is 13.4. The summed E-state index contributed by atoms with van der Waals surface area (Å²) in [6.45, 7) is 17.3. The van der Waals surface area contributed by atoms with E-state index in [2.05, 4.69) is 98.1 Å². The van der Waals surface area contributed by atoms with Gasteiger partial charge in [0.15, 0.2) is 0 Å². The van der Waals surface area contributed by atoms with Crippen molar-refractivity contribution in [3.8, 4) is 22.5 Å². The molecule has 2 saturated heterocycles. The van der Waals surface area contributed by atoms with Crippen LogP contribution in [0.15, 0.2) is 35.8 Å². The van der Waals surface area contributed by atoms with Gasteiger partial charge in [0.25, 0.3) is 5.91 Å². The molecule has 1 saturated carbocycles. The zero-order valence-electron chi connectivity index (χ0n) is 39.2. The molecule has 6 atom stereocenters. The van der Waals surface area contributed by atoms with Crippen molar-refractivity contribution in [1.29, 1.82) is 0 Å². The number of hydrogen-bond donors (Lipinski definition) is 3. The monoisotopic (exact) mass is 896 g/mol. The molecule has 6 heterocycles. The number of carbonyl (C=O) groups is 3. The number of amides is 2. The third kappa shape index (κ3) is 9.39. The van der Waals surface area contributed by atoms with E-state index in [-0.39, 0.29) is 48.7 Å². The summed E-state index contributed by atoms with van der Waals surface area (Å²) in [4.78, 5) is 56.5. The van der Waals surface area contributed by atoms with Crippen LogP contribution in [-0.4, -0.2) is 125 Å². The minimum atomic E-state index is -1.04. The first-order chi connectivity index (χ1) is 30.5. The number of likely N-dealkylation sites (N-methyl/N-ethyl adjacent to an activating group) is 1. The summed E-state index contributed by atoms with van der Waals surface area (Å²) in [5.41, 5.74) is 8.98. The highest BCUT2D eigenvalue weighted by atomic mass is 32.1. The Morgan fingerprint density at radius 3 is 2.58 bits per heavy atom. The van der Waals surface area contributed by atoms with Crippen LogP contribution in [0.1, 0.15) is 95.2 Å². The Morgan fingerprint density at radius 1 is 1.14 bits per heavy atom. The average Bonchev–Trinajstić information content (AvgIpc) is 3.54. The number of methoxy groups -OCH3 is 1. The molecule has 4 aliphatic rings. The second-order valence-electron chi connectivity index (χ2n) is 19.9. The lowest BCUT2D eigenvalue weighted by Crippen LogP contribution is -2.60. The number of nitrogens with zero attached hydrogens (tertiary/aromatic N) is 6. The lowest BCUT2D eigenvalue weighted by molar-refractivity contribution is -0.155. The van der Waals surface area contributed by atoms with E-state index < -0.39 is 29.1 Å². The van der Waals surface area contributed by atoms with Gasteiger partial charge in [-0.1, -0.05) is 33.8 Å². The second-order valence-corrected chi connectivity index (χ2v) is 20.9. The molecule has 3 aromatic heterocycles. The number of ether oxygens (including phenoxy) is 2. The van der Waals surface area contributed by atoms with E-state index in [0.717, 1.165) is 81.4 Å². The number of aliphatic hydroxyl groups is 1. The van der Waals surface area contributed by atoms with Gasteiger partial charge in [-0.3, -0.25) is 24.4 Å². The van der Waals surface area contributed by atoms with Gasteiger partial charge in [-0.05, 0) is 95.6 Å². The number of esters is 1. The maximum atomic E-state index is 14.3. The number of pyridine rings is 1. The molecule has 1 unspecified atom stereocenters. The molecule has 8 rings (SSSR count). The molecule has 6 bridgehead atoms. The van der Waals surface area contributed by atoms with Gasteiger partial charge in [-0.2, -0.15) is 0 Å². The third-order valence-electron chi connectivity index (χ3n) is 14.4. The molecule has 3 aliphatic heterocycles. The fourth-order valence-electron chi connectivity index (χ4n) is 10.1. The largest absolute Gasteiger partial charge is 0.464 e. The minimum absolute atomic E-state index is 0.124. The maximum Gasteiger partial charge on any atom is 0.324 e. The van der Waals surface area contributed by atoms with E-state index in [1.54, 1.807) is 7.11 Å². The van der Waals surface area contributed by atoms with Crippen LogP contribution in [0.3, 0.4) is 0 Å². The number of hydrogen-bond acceptors (Lipinski definition) is 12. The number of fused-ring (bicyclic) bond motifs is 6. The van der Waals surface area contributed by atoms with Gasteiger partial charge in [-0.25, -0.2) is 10.4 Å². The highest BCUT2D eigenvalue weighted by Crippen LogP contribution is 2.46. The van der Waals surface area contributed by atoms with Gasteiger partial charge < -0.3 is 34.3 Å². The molecule has 1 aliphatic carbocycles. The lowest BCUT2D eigenvalue weighted by Gasteiger charge is -2.39. The summed E-state index contributed by atoms with van der Waals surface area (Å²) < 4.78 is 14.5. The van der Waals surface area contributed by atoms with Crippen LogP contribution in [0.4, 0.5) is 0 Å². The number of carbonyl (C=O) groups excluding carboxylic acids is 3. The third-order valence-corrected chi connectivity index (χ3v) is 15.3. The van der Waals surface area contributed by atoms with E-state index in [0.29, 0.717) is 45.2 Å². The van der Waals surface area contributed by atoms with Crippen molar-refractivity contribution >= 4 is 40.0 Å². The van der Waals surface area contributed by atoms with Crippen molar-refractivity contribution < 1.29 is 29.0 Å². The summed E-state index contributed by atoms with van der Waals surface area (Å²) in [6.07, 6.45) is 4.64. The zero-order chi connectivity index (χ0) is 45.7. The number of likely N-dealkylation sites (tertiary alicyclic amines) is 1. The molecule has 1 aromatic carbocycles. The Morgan fingerprint density at radius 2 is 1.89 bits per heavy atom. The van der Waals surface area contributed by atoms with Gasteiger partial charge in [0.05, 0.1) is 40.4 Å². The fraction of sp³-hybridized carbons (Fsp3) is 0.612. The van der Waals surface area contributed by atoms with Crippen LogP contribution < -0.4 is 10.7 Å². The smallest absolute Gasteiger partial charge is 0.324 e. The molecule has 14 nitrogen and oxygen atoms in total. The molecule has 0 radical (unpaired) electrons. The Bertz CT molecular complexity index is 2360. The predicted molar refractivity (Wildman–Crippen MR) is 249 cm³/mol. The maximum absolute atomic E-state index is 14.3. The number of aromatic nitrogens is 3. The highest BCUT2D eigenvalue weighted by Gasteiger charge is 2.49.